The van der Waals surface area contributed by atoms with Gasteiger partial charge in [0.05, 0.1) is 6.54 Å². The minimum atomic E-state index is -0.732. The van der Waals surface area contributed by atoms with Crippen LogP contribution in [0.3, 0.4) is 0 Å². The molecule has 0 saturated carbocycles. The van der Waals surface area contributed by atoms with Crippen molar-refractivity contribution in [3.05, 3.63) is 79.1 Å². The number of nitrogens with one attached hydrogen (secondary N) is 2. The summed E-state index contributed by atoms with van der Waals surface area (Å²) in [6.07, 6.45) is -0.0274. The van der Waals surface area contributed by atoms with Gasteiger partial charge < -0.3 is 16.0 Å². The molecule has 0 aliphatic carbocycles. The van der Waals surface area contributed by atoms with Crippen molar-refractivity contribution in [1.29, 1.82) is 0 Å². The monoisotopic (exact) mass is 441 g/mol. The predicted octanol–water partition coefficient (Wildman–Crippen LogP) is 1.40. The Bertz CT molecular complexity index is 1170. The van der Waals surface area contributed by atoms with E-state index in [4.69, 9.17) is 5.73 Å². The molecule has 0 radical (unpaired) electrons. The van der Waals surface area contributed by atoms with Crippen LogP contribution in [0.25, 0.3) is 0 Å². The van der Waals surface area contributed by atoms with E-state index in [1.165, 1.54) is 20.8 Å². The zero-order valence-electron chi connectivity index (χ0n) is 17.0. The summed E-state index contributed by atoms with van der Waals surface area (Å²) >= 11 is 1.40. The van der Waals surface area contributed by atoms with Gasteiger partial charge in [-0.1, -0.05) is 30.3 Å². The topological polar surface area (TPSA) is 130 Å². The summed E-state index contributed by atoms with van der Waals surface area (Å²) in [6, 6.07) is 10.9. The molecule has 0 atom stereocenters. The maximum Gasteiger partial charge on any atom is 0.330 e. The number of aromatic nitrogens is 2. The van der Waals surface area contributed by atoms with E-state index in [0.29, 0.717) is 5.56 Å². The smallest absolute Gasteiger partial charge is 0.330 e. The summed E-state index contributed by atoms with van der Waals surface area (Å²) < 4.78 is 1.22. The number of thiophene rings is 1. The fourth-order valence-corrected chi connectivity index (χ4v) is 3.77. The number of benzene rings is 1. The molecule has 0 unspecified atom stereocenters. The third-order valence-electron chi connectivity index (χ3n) is 4.69. The minimum Gasteiger partial charge on any atom is -0.383 e. The normalized spacial score (nSPS) is 10.6. The number of carbonyl (C=O) groups is 2. The van der Waals surface area contributed by atoms with E-state index in [-0.39, 0.29) is 43.5 Å². The van der Waals surface area contributed by atoms with Crippen LogP contribution in [0, 0.1) is 0 Å². The average Bonchev–Trinajstić information content (AvgIpc) is 3.29. The van der Waals surface area contributed by atoms with Crippen molar-refractivity contribution in [1.82, 2.24) is 14.9 Å². The molecular formula is C21H23N5O4S. The summed E-state index contributed by atoms with van der Waals surface area (Å²) in [6.45, 7) is 2.13. The van der Waals surface area contributed by atoms with Gasteiger partial charge in [0.1, 0.15) is 5.82 Å². The Morgan fingerprint density at radius 2 is 1.94 bits per heavy atom. The molecule has 2 amide bonds. The maximum absolute atomic E-state index is 12.8. The zero-order valence-corrected chi connectivity index (χ0v) is 17.8. The molecule has 0 saturated heterocycles. The molecule has 0 aliphatic rings. The van der Waals surface area contributed by atoms with Crippen LogP contribution < -0.4 is 27.2 Å². The highest BCUT2D eigenvalue weighted by atomic mass is 32.1. The molecule has 2 heterocycles. The van der Waals surface area contributed by atoms with E-state index in [0.717, 1.165) is 5.56 Å². The van der Waals surface area contributed by atoms with Crippen molar-refractivity contribution < 1.29 is 9.59 Å². The van der Waals surface area contributed by atoms with E-state index in [1.54, 1.807) is 23.8 Å². The number of carbonyl (C=O) groups excluding carboxylic acids is 2. The van der Waals surface area contributed by atoms with Crippen LogP contribution >= 0.6 is 11.3 Å². The first-order valence-corrected chi connectivity index (χ1v) is 10.6. The molecule has 0 spiro atoms. The van der Waals surface area contributed by atoms with Crippen molar-refractivity contribution in [2.75, 3.05) is 23.7 Å². The number of amides is 2. The van der Waals surface area contributed by atoms with Gasteiger partial charge >= 0.3 is 5.69 Å². The lowest BCUT2D eigenvalue weighted by atomic mass is 10.2. The lowest BCUT2D eigenvalue weighted by Gasteiger charge is -2.23. The summed E-state index contributed by atoms with van der Waals surface area (Å²) in [5.74, 6) is -0.754. The van der Waals surface area contributed by atoms with Crippen molar-refractivity contribution >= 4 is 34.7 Å². The Balaban J connectivity index is 1.79. The molecule has 162 valence electrons. The van der Waals surface area contributed by atoms with Crippen LogP contribution in [0.5, 0.6) is 0 Å². The number of nitrogen functional groups attached to an aromatic ring is 1. The van der Waals surface area contributed by atoms with Gasteiger partial charge in [-0.3, -0.25) is 23.9 Å². The van der Waals surface area contributed by atoms with Crippen LogP contribution in [0.4, 0.5) is 11.5 Å². The predicted molar refractivity (Wildman–Crippen MR) is 121 cm³/mol. The van der Waals surface area contributed by atoms with E-state index >= 15 is 0 Å². The summed E-state index contributed by atoms with van der Waals surface area (Å²) in [4.78, 5) is 53.1. The third kappa shape index (κ3) is 5.10. The van der Waals surface area contributed by atoms with Gasteiger partial charge in [-0.05, 0) is 23.9 Å². The zero-order chi connectivity index (χ0) is 22.4. The van der Waals surface area contributed by atoms with E-state index in [2.05, 4.69) is 10.3 Å². The summed E-state index contributed by atoms with van der Waals surface area (Å²) in [7, 11) is 0. The molecule has 9 nitrogen and oxygen atoms in total. The number of hydrogen-bond acceptors (Lipinski definition) is 6. The van der Waals surface area contributed by atoms with Gasteiger partial charge in [0.2, 0.25) is 5.91 Å². The van der Waals surface area contributed by atoms with Crippen LogP contribution in [0.15, 0.2) is 56.7 Å². The van der Waals surface area contributed by atoms with Gasteiger partial charge in [0, 0.05) is 30.5 Å². The first-order chi connectivity index (χ1) is 14.9. The number of nitrogens with zero attached hydrogens (tertiary/aromatic N) is 2. The number of aromatic amines is 1. The summed E-state index contributed by atoms with van der Waals surface area (Å²) in [5.41, 5.74) is 6.05. The van der Waals surface area contributed by atoms with Crippen LogP contribution in [0.2, 0.25) is 0 Å². The Morgan fingerprint density at radius 3 is 2.58 bits per heavy atom. The Kier molecular flexibility index (Phi) is 7.03. The standard InChI is InChI=1S/C21H23N5O4S/c1-2-25(16(27)8-10-23-19(28)15-9-11-31-13-15)17-18(22)26(21(30)24-20(17)29)12-14-6-4-3-5-7-14/h3-7,9,11,13H,2,8,10,12,22H2,1H3,(H,23,28)(H,24,29,30). The van der Waals surface area contributed by atoms with Gasteiger partial charge in [0.25, 0.3) is 11.5 Å². The molecule has 0 fully saturated rings. The molecule has 3 rings (SSSR count). The van der Waals surface area contributed by atoms with Crippen molar-refractivity contribution in [3.8, 4) is 0 Å². The molecule has 0 aliphatic heterocycles. The number of anilines is 2. The first kappa shape index (κ1) is 22.0. The highest BCUT2D eigenvalue weighted by Crippen LogP contribution is 2.18. The van der Waals surface area contributed by atoms with E-state index < -0.39 is 17.2 Å². The van der Waals surface area contributed by atoms with Gasteiger partial charge in [0.15, 0.2) is 5.69 Å². The van der Waals surface area contributed by atoms with E-state index in [9.17, 15) is 19.2 Å². The van der Waals surface area contributed by atoms with Gasteiger partial charge in [-0.15, -0.1) is 0 Å². The highest BCUT2D eigenvalue weighted by Gasteiger charge is 2.23. The maximum atomic E-state index is 12.8. The molecule has 1 aromatic carbocycles. The lowest BCUT2D eigenvalue weighted by Crippen LogP contribution is -2.42. The molecular weight excluding hydrogens is 418 g/mol. The Morgan fingerprint density at radius 1 is 1.19 bits per heavy atom. The molecule has 2 aromatic heterocycles. The Hall–Kier alpha value is -3.66. The van der Waals surface area contributed by atoms with Crippen LogP contribution in [0.1, 0.15) is 29.3 Å². The molecule has 0 bridgehead atoms. The molecule has 10 heteroatoms. The van der Waals surface area contributed by atoms with Gasteiger partial charge in [-0.2, -0.15) is 11.3 Å². The highest BCUT2D eigenvalue weighted by molar-refractivity contribution is 7.08. The van der Waals surface area contributed by atoms with Crippen molar-refractivity contribution in [2.45, 2.75) is 19.9 Å². The molecule has 3 aromatic rings. The van der Waals surface area contributed by atoms with Crippen molar-refractivity contribution in [3.63, 3.8) is 0 Å². The summed E-state index contributed by atoms with van der Waals surface area (Å²) in [5, 5.41) is 6.18. The average molecular weight is 442 g/mol. The number of rotatable bonds is 8. The number of nitrogens with two attached hydrogens (primary N) is 1. The minimum absolute atomic E-state index is 0.0274. The fourth-order valence-electron chi connectivity index (χ4n) is 3.13. The quantitative estimate of drug-likeness (QED) is 0.486. The SMILES string of the molecule is CCN(C(=O)CCNC(=O)c1ccsc1)c1c(N)n(Cc2ccccc2)c(=O)[nH]c1=O. The third-order valence-corrected chi connectivity index (χ3v) is 5.38. The molecule has 31 heavy (non-hydrogen) atoms. The lowest BCUT2D eigenvalue weighted by molar-refractivity contribution is -0.118. The Labute approximate surface area is 182 Å². The number of H-pyrrole nitrogens is 1. The first-order valence-electron chi connectivity index (χ1n) is 9.69. The fraction of sp³-hybridized carbons (Fsp3) is 0.238. The molecule has 4 N–H and O–H groups in total. The van der Waals surface area contributed by atoms with Crippen LogP contribution in [-0.2, 0) is 11.3 Å². The largest absolute Gasteiger partial charge is 0.383 e. The number of hydrogen-bond donors (Lipinski definition) is 3. The van der Waals surface area contributed by atoms with E-state index in [1.807, 2.05) is 30.3 Å². The second-order valence-corrected chi connectivity index (χ2v) is 7.50. The second-order valence-electron chi connectivity index (χ2n) is 6.72. The van der Waals surface area contributed by atoms with Crippen molar-refractivity contribution in [2.24, 2.45) is 0 Å². The van der Waals surface area contributed by atoms with Crippen LogP contribution in [-0.4, -0.2) is 34.5 Å². The van der Waals surface area contributed by atoms with Gasteiger partial charge in [-0.25, -0.2) is 4.79 Å². The second kappa shape index (κ2) is 9.90.